The van der Waals surface area contributed by atoms with E-state index in [0.29, 0.717) is 16.3 Å². The van der Waals surface area contributed by atoms with Crippen LogP contribution in [-0.2, 0) is 4.79 Å². The highest BCUT2D eigenvalue weighted by atomic mass is 35.5. The molecule has 1 fully saturated rings. The summed E-state index contributed by atoms with van der Waals surface area (Å²) in [6.07, 6.45) is 5.04. The second kappa shape index (κ2) is 10.3. The third-order valence-corrected chi connectivity index (χ3v) is 5.33. The zero-order valence-corrected chi connectivity index (χ0v) is 18.0. The van der Waals surface area contributed by atoms with E-state index in [1.165, 1.54) is 12.6 Å². The number of hydrogen-bond donors (Lipinski definition) is 2. The first kappa shape index (κ1) is 21.9. The number of piperidine rings is 1. The van der Waals surface area contributed by atoms with Crippen molar-refractivity contribution in [2.45, 2.75) is 39.2 Å². The number of hydrazone groups is 1. The van der Waals surface area contributed by atoms with Crippen LogP contribution in [0.3, 0.4) is 0 Å². The fourth-order valence-electron chi connectivity index (χ4n) is 3.32. The van der Waals surface area contributed by atoms with Gasteiger partial charge in [-0.2, -0.15) is 5.10 Å². The van der Waals surface area contributed by atoms with Gasteiger partial charge in [-0.25, -0.2) is 5.43 Å². The number of nitrogens with zero attached hydrogens (tertiary/aromatic N) is 2. The Kier molecular flexibility index (Phi) is 7.52. The number of anilines is 1. The van der Waals surface area contributed by atoms with Gasteiger partial charge in [0.05, 0.1) is 16.8 Å². The van der Waals surface area contributed by atoms with Crippen molar-refractivity contribution < 1.29 is 14.0 Å². The molecule has 1 aliphatic heterocycles. The van der Waals surface area contributed by atoms with E-state index in [4.69, 9.17) is 16.0 Å². The molecule has 0 saturated carbocycles. The number of carbonyl (C=O) groups is 2. The normalized spacial score (nSPS) is 15.4. The van der Waals surface area contributed by atoms with Crippen LogP contribution in [0.25, 0.3) is 0 Å². The van der Waals surface area contributed by atoms with Crippen molar-refractivity contribution in [2.75, 3.05) is 18.0 Å². The second-order valence-corrected chi connectivity index (χ2v) is 8.04. The molecule has 160 valence electrons. The maximum absolute atomic E-state index is 12.6. The molecule has 1 saturated heterocycles. The molecule has 0 bridgehead atoms. The van der Waals surface area contributed by atoms with E-state index in [1.54, 1.807) is 24.3 Å². The summed E-state index contributed by atoms with van der Waals surface area (Å²) in [7, 11) is 0. The first-order chi connectivity index (χ1) is 14.5. The number of benzene rings is 1. The van der Waals surface area contributed by atoms with Crippen molar-refractivity contribution in [3.63, 3.8) is 0 Å². The van der Waals surface area contributed by atoms with Gasteiger partial charge in [0.15, 0.2) is 5.88 Å². The lowest BCUT2D eigenvalue weighted by Crippen LogP contribution is -2.48. The number of carbonyl (C=O) groups excluding carboxylic acids is 2. The number of furan rings is 1. The van der Waals surface area contributed by atoms with Crippen molar-refractivity contribution in [2.24, 2.45) is 11.0 Å². The van der Waals surface area contributed by atoms with E-state index in [0.717, 1.165) is 31.8 Å². The Bertz CT molecular complexity index is 903. The molecule has 1 aromatic heterocycles. The lowest BCUT2D eigenvalue weighted by Gasteiger charge is -2.25. The molecule has 30 heavy (non-hydrogen) atoms. The van der Waals surface area contributed by atoms with Crippen LogP contribution in [0.5, 0.6) is 0 Å². The van der Waals surface area contributed by atoms with Crippen LogP contribution in [0.2, 0.25) is 5.02 Å². The number of halogens is 1. The lowest BCUT2D eigenvalue weighted by atomic mass is 10.0. The summed E-state index contributed by atoms with van der Waals surface area (Å²) in [5.41, 5.74) is 2.80. The Labute approximate surface area is 181 Å². The molecule has 2 heterocycles. The summed E-state index contributed by atoms with van der Waals surface area (Å²) < 4.78 is 5.79. The molecule has 1 aliphatic rings. The molecule has 0 radical (unpaired) electrons. The maximum atomic E-state index is 12.6. The summed E-state index contributed by atoms with van der Waals surface area (Å²) in [5, 5.41) is 7.05. The summed E-state index contributed by atoms with van der Waals surface area (Å²) >= 11 is 6.07. The van der Waals surface area contributed by atoms with E-state index in [-0.39, 0.29) is 5.92 Å². The molecule has 1 unspecified atom stereocenters. The topological polar surface area (TPSA) is 86.9 Å². The average Bonchev–Trinajstić information content (AvgIpc) is 3.21. The third kappa shape index (κ3) is 5.63. The standard InChI is InChI=1S/C22H27ClN4O3/c1-15(2)20(25-21(28)17-8-4-5-9-18(17)23)22(29)26-24-14-16-10-11-19(30-16)27-12-6-3-7-13-27/h4-5,8-11,14-15,20H,3,6-7,12-13H2,1-2H3,(H,25,28)(H,26,29)/b24-14-. The molecule has 8 heteroatoms. The summed E-state index contributed by atoms with van der Waals surface area (Å²) in [6, 6.07) is 9.68. The molecule has 2 amide bonds. The first-order valence-corrected chi connectivity index (χ1v) is 10.6. The molecule has 1 atom stereocenters. The molecule has 2 N–H and O–H groups in total. The Morgan fingerprint density at radius 3 is 2.57 bits per heavy atom. The van der Waals surface area contributed by atoms with Crippen molar-refractivity contribution >= 4 is 35.5 Å². The summed E-state index contributed by atoms with van der Waals surface area (Å²) in [5.74, 6) is 0.410. The highest BCUT2D eigenvalue weighted by molar-refractivity contribution is 6.33. The lowest BCUT2D eigenvalue weighted by molar-refractivity contribution is -0.123. The molecule has 0 aliphatic carbocycles. The maximum Gasteiger partial charge on any atom is 0.262 e. The van der Waals surface area contributed by atoms with Crippen LogP contribution in [0.15, 0.2) is 45.9 Å². The smallest absolute Gasteiger partial charge is 0.262 e. The average molecular weight is 431 g/mol. The fraction of sp³-hybridized carbons (Fsp3) is 0.409. The monoisotopic (exact) mass is 430 g/mol. The number of rotatable bonds is 7. The summed E-state index contributed by atoms with van der Waals surface area (Å²) in [6.45, 7) is 5.67. The van der Waals surface area contributed by atoms with Gasteiger partial charge < -0.3 is 14.6 Å². The number of nitrogens with one attached hydrogen (secondary N) is 2. The van der Waals surface area contributed by atoms with Crippen LogP contribution < -0.4 is 15.6 Å². The largest absolute Gasteiger partial charge is 0.440 e. The van der Waals surface area contributed by atoms with Crippen molar-refractivity contribution in [1.29, 1.82) is 0 Å². The highest BCUT2D eigenvalue weighted by Gasteiger charge is 2.25. The Balaban J connectivity index is 1.58. The van der Waals surface area contributed by atoms with Crippen LogP contribution in [0.4, 0.5) is 5.88 Å². The van der Waals surface area contributed by atoms with Crippen LogP contribution in [-0.4, -0.2) is 37.2 Å². The Hall–Kier alpha value is -2.80. The fourth-order valence-corrected chi connectivity index (χ4v) is 3.55. The van der Waals surface area contributed by atoms with Gasteiger partial charge in [0, 0.05) is 19.2 Å². The van der Waals surface area contributed by atoms with Gasteiger partial charge in [0.25, 0.3) is 11.8 Å². The molecule has 0 spiro atoms. The Morgan fingerprint density at radius 1 is 1.13 bits per heavy atom. The quantitative estimate of drug-likeness (QED) is 0.516. The van der Waals surface area contributed by atoms with Gasteiger partial charge in [0.2, 0.25) is 0 Å². The Morgan fingerprint density at radius 2 is 1.87 bits per heavy atom. The van der Waals surface area contributed by atoms with Gasteiger partial charge in [-0.05, 0) is 43.4 Å². The van der Waals surface area contributed by atoms with Crippen molar-refractivity contribution in [3.8, 4) is 0 Å². The van der Waals surface area contributed by atoms with Crippen molar-refractivity contribution in [3.05, 3.63) is 52.7 Å². The van der Waals surface area contributed by atoms with E-state index >= 15 is 0 Å². The number of hydrogen-bond acceptors (Lipinski definition) is 5. The van der Waals surface area contributed by atoms with Crippen molar-refractivity contribution in [1.82, 2.24) is 10.7 Å². The second-order valence-electron chi connectivity index (χ2n) is 7.63. The highest BCUT2D eigenvalue weighted by Crippen LogP contribution is 2.21. The summed E-state index contributed by atoms with van der Waals surface area (Å²) in [4.78, 5) is 27.3. The van der Waals surface area contributed by atoms with Gasteiger partial charge in [-0.1, -0.05) is 37.6 Å². The molecular formula is C22H27ClN4O3. The predicted octanol–water partition coefficient (Wildman–Crippen LogP) is 3.83. The zero-order valence-electron chi connectivity index (χ0n) is 17.2. The molecule has 1 aromatic carbocycles. The van der Waals surface area contributed by atoms with Gasteiger partial charge in [-0.15, -0.1) is 0 Å². The van der Waals surface area contributed by atoms with Gasteiger partial charge >= 0.3 is 0 Å². The van der Waals surface area contributed by atoms with Crippen LogP contribution in [0.1, 0.15) is 49.2 Å². The predicted molar refractivity (Wildman–Crippen MR) is 118 cm³/mol. The van der Waals surface area contributed by atoms with E-state index in [1.807, 2.05) is 26.0 Å². The van der Waals surface area contributed by atoms with Gasteiger partial charge in [-0.3, -0.25) is 9.59 Å². The van der Waals surface area contributed by atoms with Gasteiger partial charge in [0.1, 0.15) is 11.8 Å². The molecule has 2 aromatic rings. The number of amides is 2. The minimum atomic E-state index is -0.758. The molecular weight excluding hydrogens is 404 g/mol. The van der Waals surface area contributed by atoms with E-state index in [9.17, 15) is 9.59 Å². The first-order valence-electron chi connectivity index (χ1n) is 10.2. The SMILES string of the molecule is CC(C)C(NC(=O)c1ccccc1Cl)C(=O)N/N=C\c1ccc(N2CCCCC2)o1. The molecule has 7 nitrogen and oxygen atoms in total. The third-order valence-electron chi connectivity index (χ3n) is 5.00. The minimum absolute atomic E-state index is 0.138. The molecule has 3 rings (SSSR count). The zero-order chi connectivity index (χ0) is 21.5. The van der Waals surface area contributed by atoms with E-state index in [2.05, 4.69) is 20.7 Å². The minimum Gasteiger partial charge on any atom is -0.440 e. The van der Waals surface area contributed by atoms with E-state index < -0.39 is 17.9 Å². The van der Waals surface area contributed by atoms with Crippen LogP contribution >= 0.6 is 11.6 Å². The van der Waals surface area contributed by atoms with Crippen LogP contribution in [0, 0.1) is 5.92 Å².